The third kappa shape index (κ3) is 4.45. The molecule has 0 saturated carbocycles. The molecule has 0 unspecified atom stereocenters. The minimum Gasteiger partial charge on any atom is -0.404 e. The molecule has 4 N–H and O–H groups in total. The summed E-state index contributed by atoms with van der Waals surface area (Å²) in [5.74, 6) is -1.23. The van der Waals surface area contributed by atoms with Gasteiger partial charge in [0.1, 0.15) is 0 Å². The number of benzene rings is 1. The molecule has 0 bridgehead atoms. The third-order valence-corrected chi connectivity index (χ3v) is 1.70. The van der Waals surface area contributed by atoms with Gasteiger partial charge in [0, 0.05) is 6.08 Å². The summed E-state index contributed by atoms with van der Waals surface area (Å²) in [6.07, 6.45) is -2.55. The number of nitrogen functional groups attached to an aromatic ring is 1. The van der Waals surface area contributed by atoms with Crippen LogP contribution in [0.2, 0.25) is 0 Å². The lowest BCUT2D eigenvalue weighted by molar-refractivity contribution is -0.274. The second-order valence-corrected chi connectivity index (χ2v) is 3.08. The first kappa shape index (κ1) is 12.9. The first-order chi connectivity index (χ1) is 7.78. The fraction of sp³-hybridized carbons (Fsp3) is 0.100. The average Bonchev–Trinajstić information content (AvgIpc) is 2.17. The Balaban J connectivity index is 2.98. The Morgan fingerprint density at radius 2 is 2.00 bits per heavy atom. The zero-order valence-corrected chi connectivity index (χ0v) is 8.49. The van der Waals surface area contributed by atoms with Gasteiger partial charge in [-0.2, -0.15) is 0 Å². The smallest absolute Gasteiger partial charge is 0.404 e. The van der Waals surface area contributed by atoms with Crippen LogP contribution >= 0.6 is 0 Å². The summed E-state index contributed by atoms with van der Waals surface area (Å²) in [7, 11) is 0. The average molecular weight is 246 g/mol. The van der Waals surface area contributed by atoms with Gasteiger partial charge in [-0.1, -0.05) is 6.07 Å². The Labute approximate surface area is 94.7 Å². The molecule has 17 heavy (non-hydrogen) atoms. The van der Waals surface area contributed by atoms with Crippen molar-refractivity contribution < 1.29 is 22.7 Å². The molecule has 0 heterocycles. The standard InChI is InChI=1S/C10H9F3N2O2/c11-10(12,13)17-8-5-6(1-3-7(8)14)2-4-9(15)16/h1-5H,14H2,(H2,15,16). The molecule has 0 fully saturated rings. The van der Waals surface area contributed by atoms with Crippen LogP contribution in [0, 0.1) is 0 Å². The van der Waals surface area contributed by atoms with E-state index in [4.69, 9.17) is 11.5 Å². The third-order valence-electron chi connectivity index (χ3n) is 1.70. The van der Waals surface area contributed by atoms with E-state index < -0.39 is 18.0 Å². The summed E-state index contributed by atoms with van der Waals surface area (Å²) < 4.78 is 39.7. The molecule has 1 amide bonds. The molecule has 0 spiro atoms. The summed E-state index contributed by atoms with van der Waals surface area (Å²) in [4.78, 5) is 10.5. The van der Waals surface area contributed by atoms with Gasteiger partial charge in [0.15, 0.2) is 5.75 Å². The normalized spacial score (nSPS) is 11.7. The van der Waals surface area contributed by atoms with Gasteiger partial charge in [-0.15, -0.1) is 13.2 Å². The highest BCUT2D eigenvalue weighted by Crippen LogP contribution is 2.29. The molecule has 0 saturated heterocycles. The van der Waals surface area contributed by atoms with Crippen molar-refractivity contribution in [1.29, 1.82) is 0 Å². The van der Waals surface area contributed by atoms with Crippen LogP contribution in [-0.2, 0) is 4.79 Å². The first-order valence-electron chi connectivity index (χ1n) is 4.41. The van der Waals surface area contributed by atoms with Crippen LogP contribution < -0.4 is 16.2 Å². The molecular weight excluding hydrogens is 237 g/mol. The number of primary amides is 1. The van der Waals surface area contributed by atoms with E-state index in [1.54, 1.807) is 0 Å². The summed E-state index contributed by atoms with van der Waals surface area (Å²) in [5.41, 5.74) is 10.3. The van der Waals surface area contributed by atoms with Gasteiger partial charge in [0.2, 0.25) is 5.91 Å². The predicted octanol–water partition coefficient (Wildman–Crippen LogP) is 1.67. The highest BCUT2D eigenvalue weighted by molar-refractivity contribution is 5.90. The van der Waals surface area contributed by atoms with E-state index >= 15 is 0 Å². The fourth-order valence-electron chi connectivity index (χ4n) is 1.05. The Morgan fingerprint density at radius 1 is 1.35 bits per heavy atom. The van der Waals surface area contributed by atoms with Gasteiger partial charge in [0.25, 0.3) is 0 Å². The summed E-state index contributed by atoms with van der Waals surface area (Å²) in [5, 5.41) is 0. The van der Waals surface area contributed by atoms with Gasteiger partial charge in [-0.3, -0.25) is 4.79 Å². The number of anilines is 1. The van der Waals surface area contributed by atoms with Crippen molar-refractivity contribution in [1.82, 2.24) is 0 Å². The molecular formula is C10H9F3N2O2. The Bertz CT molecular complexity index is 455. The number of carbonyl (C=O) groups is 1. The Hall–Kier alpha value is -2.18. The molecule has 7 heteroatoms. The molecule has 0 aromatic heterocycles. The van der Waals surface area contributed by atoms with E-state index in [2.05, 4.69) is 4.74 Å². The van der Waals surface area contributed by atoms with Gasteiger partial charge in [0.05, 0.1) is 5.69 Å². The number of halogens is 3. The molecule has 4 nitrogen and oxygen atoms in total. The Kier molecular flexibility index (Phi) is 3.62. The molecule has 0 aliphatic heterocycles. The van der Waals surface area contributed by atoms with Crippen molar-refractivity contribution >= 4 is 17.7 Å². The minimum absolute atomic E-state index is 0.154. The molecule has 92 valence electrons. The van der Waals surface area contributed by atoms with Crippen molar-refractivity contribution in [3.8, 4) is 5.75 Å². The molecule has 0 atom stereocenters. The van der Waals surface area contributed by atoms with Gasteiger partial charge < -0.3 is 16.2 Å². The second-order valence-electron chi connectivity index (χ2n) is 3.08. The van der Waals surface area contributed by atoms with Crippen molar-refractivity contribution in [2.24, 2.45) is 5.73 Å². The number of ether oxygens (including phenoxy) is 1. The van der Waals surface area contributed by atoms with Gasteiger partial charge in [-0.25, -0.2) is 0 Å². The predicted molar refractivity (Wildman–Crippen MR) is 55.8 cm³/mol. The maximum absolute atomic E-state index is 12.0. The van der Waals surface area contributed by atoms with Crippen LogP contribution in [0.3, 0.4) is 0 Å². The molecule has 1 rings (SSSR count). The van der Waals surface area contributed by atoms with Crippen LogP contribution in [0.15, 0.2) is 24.3 Å². The topological polar surface area (TPSA) is 78.3 Å². The number of nitrogens with two attached hydrogens (primary N) is 2. The van der Waals surface area contributed by atoms with Crippen LogP contribution in [0.1, 0.15) is 5.56 Å². The van der Waals surface area contributed by atoms with Crippen molar-refractivity contribution in [3.05, 3.63) is 29.8 Å². The van der Waals surface area contributed by atoms with Crippen molar-refractivity contribution in [3.63, 3.8) is 0 Å². The fourth-order valence-corrected chi connectivity index (χ4v) is 1.05. The van der Waals surface area contributed by atoms with Crippen LogP contribution in [0.25, 0.3) is 6.08 Å². The monoisotopic (exact) mass is 246 g/mol. The lowest BCUT2D eigenvalue weighted by Gasteiger charge is -2.11. The van der Waals surface area contributed by atoms with E-state index in [9.17, 15) is 18.0 Å². The number of amides is 1. The summed E-state index contributed by atoms with van der Waals surface area (Å²) in [6.45, 7) is 0. The van der Waals surface area contributed by atoms with Crippen LogP contribution in [0.5, 0.6) is 5.75 Å². The van der Waals surface area contributed by atoms with Crippen LogP contribution in [0.4, 0.5) is 18.9 Å². The SMILES string of the molecule is NC(=O)C=Cc1ccc(N)c(OC(F)(F)F)c1. The van der Waals surface area contributed by atoms with Gasteiger partial charge in [-0.05, 0) is 23.8 Å². The van der Waals surface area contributed by atoms with Gasteiger partial charge >= 0.3 is 6.36 Å². The molecule has 1 aromatic carbocycles. The zero-order valence-electron chi connectivity index (χ0n) is 8.49. The number of alkyl halides is 3. The number of hydrogen-bond donors (Lipinski definition) is 2. The molecule has 0 radical (unpaired) electrons. The Morgan fingerprint density at radius 3 is 2.53 bits per heavy atom. The number of carbonyl (C=O) groups excluding carboxylic acids is 1. The maximum atomic E-state index is 12.0. The molecule has 0 aliphatic carbocycles. The summed E-state index contributed by atoms with van der Waals surface area (Å²) in [6, 6.07) is 3.72. The van der Waals surface area contributed by atoms with E-state index in [1.165, 1.54) is 18.2 Å². The minimum atomic E-state index is -4.82. The largest absolute Gasteiger partial charge is 0.573 e. The van der Waals surface area contributed by atoms with Crippen LogP contribution in [-0.4, -0.2) is 12.3 Å². The number of rotatable bonds is 3. The van der Waals surface area contributed by atoms with Crippen molar-refractivity contribution in [2.45, 2.75) is 6.36 Å². The lowest BCUT2D eigenvalue weighted by atomic mass is 10.2. The zero-order chi connectivity index (χ0) is 13.1. The quantitative estimate of drug-likeness (QED) is 0.629. The van der Waals surface area contributed by atoms with E-state index in [-0.39, 0.29) is 5.69 Å². The van der Waals surface area contributed by atoms with E-state index in [0.29, 0.717) is 5.56 Å². The summed E-state index contributed by atoms with van der Waals surface area (Å²) >= 11 is 0. The molecule has 1 aromatic rings. The second kappa shape index (κ2) is 4.77. The molecule has 0 aliphatic rings. The number of hydrogen-bond acceptors (Lipinski definition) is 3. The van der Waals surface area contributed by atoms with Crippen molar-refractivity contribution in [2.75, 3.05) is 5.73 Å². The highest BCUT2D eigenvalue weighted by Gasteiger charge is 2.31. The first-order valence-corrected chi connectivity index (χ1v) is 4.41. The van der Waals surface area contributed by atoms with E-state index in [1.807, 2.05) is 0 Å². The highest BCUT2D eigenvalue weighted by atomic mass is 19.4. The van der Waals surface area contributed by atoms with E-state index in [0.717, 1.165) is 12.1 Å². The lowest BCUT2D eigenvalue weighted by Crippen LogP contribution is -2.18. The maximum Gasteiger partial charge on any atom is 0.573 e.